The van der Waals surface area contributed by atoms with Crippen LogP contribution < -0.4 is 5.32 Å². The fourth-order valence-electron chi connectivity index (χ4n) is 2.12. The molecule has 0 spiro atoms. The van der Waals surface area contributed by atoms with Gasteiger partial charge in [-0.15, -0.1) is 0 Å². The van der Waals surface area contributed by atoms with Crippen molar-refractivity contribution in [3.63, 3.8) is 0 Å². The molecular weight excluding hydrogens is 311 g/mol. The van der Waals surface area contributed by atoms with Crippen molar-refractivity contribution in [1.29, 1.82) is 0 Å². The van der Waals surface area contributed by atoms with E-state index in [0.717, 1.165) is 21.5 Å². The summed E-state index contributed by atoms with van der Waals surface area (Å²) >= 11 is 13.6. The Labute approximate surface area is 131 Å². The average molecular weight is 323 g/mol. The number of nitrogens with one attached hydrogen (secondary N) is 1. The Bertz CT molecular complexity index is 754. The predicted octanol–water partition coefficient (Wildman–Crippen LogP) is 5.78. The summed E-state index contributed by atoms with van der Waals surface area (Å²) in [5, 5.41) is 6.98. The number of fused-ring (bicyclic) bond motifs is 1. The van der Waals surface area contributed by atoms with Crippen LogP contribution in [-0.2, 0) is 0 Å². The first-order valence-electron chi connectivity index (χ1n) is 6.21. The van der Waals surface area contributed by atoms with Crippen LogP contribution >= 0.6 is 34.7 Å². The summed E-state index contributed by atoms with van der Waals surface area (Å²) in [5.74, 6) is 0. The highest BCUT2D eigenvalue weighted by Gasteiger charge is 2.13. The molecular formula is C15H12Cl2N2S. The molecule has 3 aromatic rings. The molecule has 0 aliphatic rings. The van der Waals surface area contributed by atoms with E-state index >= 15 is 0 Å². The molecule has 0 amide bonds. The molecule has 1 unspecified atom stereocenters. The first kappa shape index (κ1) is 13.7. The third kappa shape index (κ3) is 2.62. The molecule has 0 aliphatic carbocycles. The number of aromatic nitrogens is 1. The van der Waals surface area contributed by atoms with Crippen molar-refractivity contribution >= 4 is 50.6 Å². The van der Waals surface area contributed by atoms with Crippen LogP contribution in [-0.4, -0.2) is 4.37 Å². The predicted molar refractivity (Wildman–Crippen MR) is 88.1 cm³/mol. The number of halogens is 2. The number of rotatable bonds is 3. The molecule has 1 N–H and O–H groups in total. The summed E-state index contributed by atoms with van der Waals surface area (Å²) in [4.78, 5) is 0. The van der Waals surface area contributed by atoms with Crippen LogP contribution in [0.25, 0.3) is 10.9 Å². The molecule has 0 saturated heterocycles. The van der Waals surface area contributed by atoms with E-state index in [9.17, 15) is 0 Å². The van der Waals surface area contributed by atoms with E-state index in [1.807, 2.05) is 30.3 Å². The van der Waals surface area contributed by atoms with Crippen LogP contribution in [0.2, 0.25) is 10.0 Å². The summed E-state index contributed by atoms with van der Waals surface area (Å²) in [7, 11) is 0. The molecule has 102 valence electrons. The molecule has 0 bridgehead atoms. The van der Waals surface area contributed by atoms with Crippen LogP contribution in [0.4, 0.5) is 5.00 Å². The summed E-state index contributed by atoms with van der Waals surface area (Å²) in [6, 6.07) is 13.7. The van der Waals surface area contributed by atoms with Gasteiger partial charge in [0.25, 0.3) is 0 Å². The molecule has 0 radical (unpaired) electrons. The van der Waals surface area contributed by atoms with Crippen LogP contribution in [0.1, 0.15) is 18.5 Å². The molecule has 1 aromatic heterocycles. The highest BCUT2D eigenvalue weighted by Crippen LogP contribution is 2.33. The summed E-state index contributed by atoms with van der Waals surface area (Å²) in [6.45, 7) is 2.07. The Hall–Kier alpha value is -1.29. The molecule has 20 heavy (non-hydrogen) atoms. The summed E-state index contributed by atoms with van der Waals surface area (Å²) < 4.78 is 4.43. The first-order valence-corrected chi connectivity index (χ1v) is 7.74. The third-order valence-electron chi connectivity index (χ3n) is 3.16. The Balaban J connectivity index is 1.90. The Morgan fingerprint density at radius 2 is 1.95 bits per heavy atom. The standard InChI is InChI=1S/C15H12Cl2N2S/c1-9(11-7-6-10(16)8-13(11)17)18-15-12-4-2-3-5-14(12)19-20-15/h2-9,18H,1H3. The maximum atomic E-state index is 6.25. The number of anilines is 1. The molecule has 5 heteroatoms. The number of benzene rings is 2. The van der Waals surface area contributed by atoms with Gasteiger partial charge in [0.15, 0.2) is 0 Å². The zero-order valence-electron chi connectivity index (χ0n) is 10.7. The van der Waals surface area contributed by atoms with Gasteiger partial charge in [0, 0.05) is 15.4 Å². The first-order chi connectivity index (χ1) is 9.65. The molecule has 0 fully saturated rings. The van der Waals surface area contributed by atoms with Crippen molar-refractivity contribution in [3.8, 4) is 0 Å². The van der Waals surface area contributed by atoms with E-state index in [0.29, 0.717) is 10.0 Å². The minimum Gasteiger partial charge on any atom is -0.369 e. The van der Waals surface area contributed by atoms with E-state index in [1.54, 1.807) is 6.07 Å². The number of hydrogen-bond donors (Lipinski definition) is 1. The minimum absolute atomic E-state index is 0.0867. The Kier molecular flexibility index (Phi) is 3.83. The van der Waals surface area contributed by atoms with Gasteiger partial charge in [-0.2, -0.15) is 4.37 Å². The lowest BCUT2D eigenvalue weighted by atomic mass is 10.1. The van der Waals surface area contributed by atoms with Crippen LogP contribution in [0.5, 0.6) is 0 Å². The average Bonchev–Trinajstić information content (AvgIpc) is 2.82. The van der Waals surface area contributed by atoms with Crippen molar-refractivity contribution in [2.45, 2.75) is 13.0 Å². The van der Waals surface area contributed by atoms with Gasteiger partial charge in [-0.3, -0.25) is 0 Å². The second kappa shape index (κ2) is 5.60. The molecule has 1 atom stereocenters. The lowest BCUT2D eigenvalue weighted by Crippen LogP contribution is -2.06. The minimum atomic E-state index is 0.0867. The van der Waals surface area contributed by atoms with Crippen molar-refractivity contribution in [2.24, 2.45) is 0 Å². The largest absolute Gasteiger partial charge is 0.369 e. The number of hydrogen-bond acceptors (Lipinski definition) is 3. The highest BCUT2D eigenvalue weighted by atomic mass is 35.5. The van der Waals surface area contributed by atoms with Crippen molar-refractivity contribution < 1.29 is 0 Å². The Morgan fingerprint density at radius 1 is 1.15 bits per heavy atom. The topological polar surface area (TPSA) is 24.9 Å². The smallest absolute Gasteiger partial charge is 0.117 e. The maximum Gasteiger partial charge on any atom is 0.117 e. The van der Waals surface area contributed by atoms with Gasteiger partial charge in [-0.05, 0) is 48.3 Å². The second-order valence-electron chi connectivity index (χ2n) is 4.56. The fraction of sp³-hybridized carbons (Fsp3) is 0.133. The Morgan fingerprint density at radius 3 is 2.75 bits per heavy atom. The zero-order chi connectivity index (χ0) is 14.1. The molecule has 3 rings (SSSR count). The quantitative estimate of drug-likeness (QED) is 0.661. The van der Waals surface area contributed by atoms with E-state index in [1.165, 1.54) is 11.5 Å². The van der Waals surface area contributed by atoms with Crippen LogP contribution in [0.3, 0.4) is 0 Å². The van der Waals surface area contributed by atoms with Gasteiger partial charge in [0.05, 0.1) is 11.6 Å². The summed E-state index contributed by atoms with van der Waals surface area (Å²) in [6.07, 6.45) is 0. The van der Waals surface area contributed by atoms with Gasteiger partial charge >= 0.3 is 0 Å². The van der Waals surface area contributed by atoms with Gasteiger partial charge in [-0.25, -0.2) is 0 Å². The van der Waals surface area contributed by atoms with Crippen molar-refractivity contribution in [2.75, 3.05) is 5.32 Å². The van der Waals surface area contributed by atoms with E-state index in [4.69, 9.17) is 23.2 Å². The van der Waals surface area contributed by atoms with Gasteiger partial charge < -0.3 is 5.32 Å². The monoisotopic (exact) mass is 322 g/mol. The van der Waals surface area contributed by atoms with E-state index < -0.39 is 0 Å². The molecule has 0 aliphatic heterocycles. The molecule has 0 saturated carbocycles. The molecule has 1 heterocycles. The van der Waals surface area contributed by atoms with Crippen molar-refractivity contribution in [3.05, 3.63) is 58.1 Å². The molecule has 2 nitrogen and oxygen atoms in total. The van der Waals surface area contributed by atoms with Crippen LogP contribution in [0, 0.1) is 0 Å². The highest BCUT2D eigenvalue weighted by molar-refractivity contribution is 7.11. The molecule has 2 aromatic carbocycles. The van der Waals surface area contributed by atoms with E-state index in [-0.39, 0.29) is 6.04 Å². The van der Waals surface area contributed by atoms with Gasteiger partial charge in [0.1, 0.15) is 5.00 Å². The van der Waals surface area contributed by atoms with Crippen molar-refractivity contribution in [1.82, 2.24) is 4.37 Å². The third-order valence-corrected chi connectivity index (χ3v) is 4.53. The SMILES string of the molecule is CC(Nc1snc2ccccc12)c1ccc(Cl)cc1Cl. The number of nitrogens with zero attached hydrogens (tertiary/aromatic N) is 1. The lowest BCUT2D eigenvalue weighted by Gasteiger charge is -2.16. The van der Waals surface area contributed by atoms with E-state index in [2.05, 4.69) is 22.7 Å². The second-order valence-corrected chi connectivity index (χ2v) is 6.18. The maximum absolute atomic E-state index is 6.25. The van der Waals surface area contributed by atoms with Gasteiger partial charge in [0.2, 0.25) is 0 Å². The fourth-order valence-corrected chi connectivity index (χ4v) is 3.54. The van der Waals surface area contributed by atoms with Crippen LogP contribution in [0.15, 0.2) is 42.5 Å². The van der Waals surface area contributed by atoms with Gasteiger partial charge in [-0.1, -0.05) is 41.4 Å². The summed E-state index contributed by atoms with van der Waals surface area (Å²) in [5.41, 5.74) is 2.03. The lowest BCUT2D eigenvalue weighted by molar-refractivity contribution is 0.891. The zero-order valence-corrected chi connectivity index (χ0v) is 13.1. The normalized spacial score (nSPS) is 12.6.